The summed E-state index contributed by atoms with van der Waals surface area (Å²) in [5.41, 5.74) is 7.48. The maximum absolute atomic E-state index is 5.66. The van der Waals surface area contributed by atoms with E-state index in [0.29, 0.717) is 0 Å². The molecule has 3 nitrogen and oxygen atoms in total. The maximum atomic E-state index is 5.66. The van der Waals surface area contributed by atoms with Gasteiger partial charge < -0.3 is 0 Å². The van der Waals surface area contributed by atoms with Crippen molar-refractivity contribution in [2.24, 2.45) is 5.84 Å². The zero-order valence-corrected chi connectivity index (χ0v) is 11.1. The Balaban J connectivity index is 2.41. The predicted molar refractivity (Wildman–Crippen MR) is 71.9 cm³/mol. The van der Waals surface area contributed by atoms with Crippen molar-refractivity contribution >= 4 is 11.3 Å². The minimum Gasteiger partial charge on any atom is -0.271 e. The van der Waals surface area contributed by atoms with E-state index in [1.54, 1.807) is 11.3 Å². The molecule has 2 rings (SSSR count). The first-order valence-corrected chi connectivity index (χ1v) is 6.44. The molecule has 0 aliphatic rings. The highest BCUT2D eigenvalue weighted by atomic mass is 32.1. The summed E-state index contributed by atoms with van der Waals surface area (Å²) in [6, 6.07) is 6.42. The van der Waals surface area contributed by atoms with E-state index in [2.05, 4.69) is 47.8 Å². The molecule has 4 heteroatoms. The van der Waals surface area contributed by atoms with E-state index in [4.69, 9.17) is 5.84 Å². The average molecular weight is 247 g/mol. The molecule has 2 aromatic rings. The number of thiazole rings is 1. The number of hydrogen-bond donors (Lipinski definition) is 2. The molecule has 0 bridgehead atoms. The Morgan fingerprint density at radius 3 is 2.29 bits per heavy atom. The molecule has 0 aliphatic carbocycles. The van der Waals surface area contributed by atoms with E-state index >= 15 is 0 Å². The molecular weight excluding hydrogens is 230 g/mol. The predicted octanol–water partition coefficient (Wildman–Crippen LogP) is 2.62. The Labute approximate surface area is 106 Å². The molecule has 0 spiro atoms. The lowest BCUT2D eigenvalue weighted by atomic mass is 10.00. The summed E-state index contributed by atoms with van der Waals surface area (Å²) < 4.78 is 0. The van der Waals surface area contributed by atoms with E-state index in [0.717, 1.165) is 16.3 Å². The molecule has 17 heavy (non-hydrogen) atoms. The van der Waals surface area contributed by atoms with Crippen LogP contribution >= 0.6 is 11.3 Å². The SMILES string of the molecule is Cc1cc(C)cc(C(NN)c2csc(C)n2)c1. The molecule has 1 unspecified atom stereocenters. The van der Waals surface area contributed by atoms with Crippen molar-refractivity contribution in [2.75, 3.05) is 0 Å². The van der Waals surface area contributed by atoms with Crippen LogP contribution in [0.5, 0.6) is 0 Å². The summed E-state index contributed by atoms with van der Waals surface area (Å²) in [4.78, 5) is 4.49. The number of nitrogens with one attached hydrogen (secondary N) is 1. The standard InChI is InChI=1S/C13H17N3S/c1-8-4-9(2)6-11(5-8)13(16-14)12-7-17-10(3)15-12/h4-7,13,16H,14H2,1-3H3. The first-order chi connectivity index (χ1) is 8.10. The fourth-order valence-corrected chi connectivity index (χ4v) is 2.68. The topological polar surface area (TPSA) is 50.9 Å². The Kier molecular flexibility index (Phi) is 3.57. The second-order valence-corrected chi connectivity index (χ2v) is 5.37. The summed E-state index contributed by atoms with van der Waals surface area (Å²) in [6.45, 7) is 6.19. The van der Waals surface area contributed by atoms with Gasteiger partial charge in [0.05, 0.1) is 16.7 Å². The second kappa shape index (κ2) is 4.96. The monoisotopic (exact) mass is 247 g/mol. The summed E-state index contributed by atoms with van der Waals surface area (Å²) in [5, 5.41) is 3.11. The van der Waals surface area contributed by atoms with Crippen LogP contribution in [0, 0.1) is 20.8 Å². The van der Waals surface area contributed by atoms with Crippen LogP contribution in [0.25, 0.3) is 0 Å². The van der Waals surface area contributed by atoms with E-state index in [1.165, 1.54) is 11.1 Å². The number of aryl methyl sites for hydroxylation is 3. The van der Waals surface area contributed by atoms with Gasteiger partial charge >= 0.3 is 0 Å². The Bertz CT molecular complexity index is 499. The van der Waals surface area contributed by atoms with Crippen molar-refractivity contribution in [3.63, 3.8) is 0 Å². The number of nitrogens with two attached hydrogens (primary N) is 1. The van der Waals surface area contributed by atoms with Gasteiger partial charge in [0.2, 0.25) is 0 Å². The van der Waals surface area contributed by atoms with Crippen LogP contribution in [-0.2, 0) is 0 Å². The van der Waals surface area contributed by atoms with Gasteiger partial charge in [-0.25, -0.2) is 10.4 Å². The first kappa shape index (κ1) is 12.2. The lowest BCUT2D eigenvalue weighted by Crippen LogP contribution is -2.29. The van der Waals surface area contributed by atoms with Crippen LogP contribution in [0.4, 0.5) is 0 Å². The molecule has 0 saturated heterocycles. The quantitative estimate of drug-likeness (QED) is 0.647. The van der Waals surface area contributed by atoms with Gasteiger partial charge in [-0.3, -0.25) is 5.84 Å². The molecule has 1 heterocycles. The van der Waals surface area contributed by atoms with Crippen molar-refractivity contribution in [3.05, 3.63) is 51.0 Å². The van der Waals surface area contributed by atoms with E-state index in [1.807, 2.05) is 6.92 Å². The Morgan fingerprint density at radius 2 is 1.82 bits per heavy atom. The highest BCUT2D eigenvalue weighted by molar-refractivity contribution is 7.09. The molecular formula is C13H17N3S. The van der Waals surface area contributed by atoms with Crippen molar-refractivity contribution in [2.45, 2.75) is 26.8 Å². The molecule has 0 saturated carbocycles. The lowest BCUT2D eigenvalue weighted by Gasteiger charge is -2.15. The second-order valence-electron chi connectivity index (χ2n) is 4.31. The van der Waals surface area contributed by atoms with E-state index in [-0.39, 0.29) is 6.04 Å². The smallest absolute Gasteiger partial charge is 0.0898 e. The van der Waals surface area contributed by atoms with Crippen LogP contribution in [0.3, 0.4) is 0 Å². The lowest BCUT2D eigenvalue weighted by molar-refractivity contribution is 0.622. The highest BCUT2D eigenvalue weighted by Crippen LogP contribution is 2.24. The van der Waals surface area contributed by atoms with Gasteiger partial charge in [0.15, 0.2) is 0 Å². The average Bonchev–Trinajstić information content (AvgIpc) is 2.64. The van der Waals surface area contributed by atoms with Crippen molar-refractivity contribution < 1.29 is 0 Å². The zero-order chi connectivity index (χ0) is 12.4. The molecule has 0 aliphatic heterocycles. The van der Waals surface area contributed by atoms with Gasteiger partial charge in [-0.1, -0.05) is 29.3 Å². The summed E-state index contributed by atoms with van der Waals surface area (Å²) in [7, 11) is 0. The minimum atomic E-state index is -0.0291. The van der Waals surface area contributed by atoms with Crippen LogP contribution in [0.2, 0.25) is 0 Å². The summed E-state index contributed by atoms with van der Waals surface area (Å²) in [5.74, 6) is 5.66. The summed E-state index contributed by atoms with van der Waals surface area (Å²) in [6.07, 6.45) is 0. The first-order valence-electron chi connectivity index (χ1n) is 5.56. The minimum absolute atomic E-state index is 0.0291. The Morgan fingerprint density at radius 1 is 1.18 bits per heavy atom. The zero-order valence-electron chi connectivity index (χ0n) is 10.3. The van der Waals surface area contributed by atoms with Gasteiger partial charge in [-0.15, -0.1) is 11.3 Å². The van der Waals surface area contributed by atoms with Crippen molar-refractivity contribution in [1.82, 2.24) is 10.4 Å². The van der Waals surface area contributed by atoms with Crippen LogP contribution in [0.1, 0.15) is 33.4 Å². The molecule has 1 aromatic carbocycles. The maximum Gasteiger partial charge on any atom is 0.0898 e. The summed E-state index contributed by atoms with van der Waals surface area (Å²) >= 11 is 1.64. The van der Waals surface area contributed by atoms with Gasteiger partial charge in [-0.05, 0) is 26.3 Å². The number of aromatic nitrogens is 1. The number of hydrazine groups is 1. The fourth-order valence-electron chi connectivity index (χ4n) is 2.04. The third-order valence-corrected chi connectivity index (χ3v) is 3.47. The Hall–Kier alpha value is -1.23. The normalized spacial score (nSPS) is 12.7. The molecule has 0 radical (unpaired) electrons. The van der Waals surface area contributed by atoms with Crippen LogP contribution in [0.15, 0.2) is 23.6 Å². The molecule has 0 fully saturated rings. The molecule has 1 aromatic heterocycles. The molecule has 3 N–H and O–H groups in total. The van der Waals surface area contributed by atoms with Gasteiger partial charge in [0.1, 0.15) is 0 Å². The van der Waals surface area contributed by atoms with Crippen LogP contribution < -0.4 is 11.3 Å². The fraction of sp³-hybridized carbons (Fsp3) is 0.308. The third-order valence-electron chi connectivity index (χ3n) is 2.68. The molecule has 90 valence electrons. The van der Waals surface area contributed by atoms with Crippen molar-refractivity contribution in [3.8, 4) is 0 Å². The van der Waals surface area contributed by atoms with Gasteiger partial charge in [-0.2, -0.15) is 0 Å². The largest absolute Gasteiger partial charge is 0.271 e. The molecule has 0 amide bonds. The van der Waals surface area contributed by atoms with Gasteiger partial charge in [0.25, 0.3) is 0 Å². The van der Waals surface area contributed by atoms with Crippen molar-refractivity contribution in [1.29, 1.82) is 0 Å². The van der Waals surface area contributed by atoms with Gasteiger partial charge in [0, 0.05) is 5.38 Å². The van der Waals surface area contributed by atoms with Crippen LogP contribution in [-0.4, -0.2) is 4.98 Å². The third kappa shape index (κ3) is 2.72. The number of benzene rings is 1. The van der Waals surface area contributed by atoms with E-state index in [9.17, 15) is 0 Å². The molecule has 1 atom stereocenters. The number of rotatable bonds is 3. The van der Waals surface area contributed by atoms with E-state index < -0.39 is 0 Å². The number of nitrogens with zero attached hydrogens (tertiary/aromatic N) is 1. The highest BCUT2D eigenvalue weighted by Gasteiger charge is 2.15. The number of hydrogen-bond acceptors (Lipinski definition) is 4.